The highest BCUT2D eigenvalue weighted by Crippen LogP contribution is 2.42. The molecule has 0 bridgehead atoms. The summed E-state index contributed by atoms with van der Waals surface area (Å²) in [6.45, 7) is 0. The molecule has 1 aromatic heterocycles. The average molecular weight is 396 g/mol. The van der Waals surface area contributed by atoms with Crippen LogP contribution >= 0.6 is 0 Å². The summed E-state index contributed by atoms with van der Waals surface area (Å²) in [6.07, 6.45) is 2.14. The highest BCUT2D eigenvalue weighted by Gasteiger charge is 2.17. The molecular weight excluding hydrogens is 372 g/mol. The van der Waals surface area contributed by atoms with Gasteiger partial charge in [0.1, 0.15) is 5.82 Å². The van der Waals surface area contributed by atoms with E-state index in [1.165, 1.54) is 0 Å². The van der Waals surface area contributed by atoms with Gasteiger partial charge >= 0.3 is 0 Å². The zero-order chi connectivity index (χ0) is 21.0. The van der Waals surface area contributed by atoms with Crippen molar-refractivity contribution >= 4 is 11.8 Å². The van der Waals surface area contributed by atoms with Gasteiger partial charge in [0.2, 0.25) is 5.95 Å². The molecule has 0 aliphatic rings. The molecule has 0 saturated heterocycles. The van der Waals surface area contributed by atoms with Crippen LogP contribution < -0.4 is 30.4 Å². The van der Waals surface area contributed by atoms with E-state index in [1.807, 2.05) is 30.3 Å². The molecule has 4 N–H and O–H groups in total. The predicted molar refractivity (Wildman–Crippen MR) is 112 cm³/mol. The summed E-state index contributed by atoms with van der Waals surface area (Å²) in [5.41, 5.74) is 15.0. The molecule has 0 spiro atoms. The number of hydrogen-bond donors (Lipinski definition) is 2. The number of ether oxygens (including phenoxy) is 4. The molecule has 0 atom stereocenters. The average Bonchev–Trinajstić information content (AvgIpc) is 2.74. The molecule has 0 radical (unpaired) electrons. The van der Waals surface area contributed by atoms with Crippen molar-refractivity contribution in [1.82, 2.24) is 9.97 Å². The first-order valence-electron chi connectivity index (χ1n) is 8.84. The summed E-state index contributed by atoms with van der Waals surface area (Å²) in [6, 6.07) is 9.58. The molecule has 0 saturated carbocycles. The molecule has 1 heterocycles. The van der Waals surface area contributed by atoms with Gasteiger partial charge in [-0.1, -0.05) is 6.07 Å². The first kappa shape index (κ1) is 20.1. The quantitative estimate of drug-likeness (QED) is 0.626. The number of nitrogen functional groups attached to an aromatic ring is 2. The van der Waals surface area contributed by atoms with Gasteiger partial charge in [0, 0.05) is 23.7 Å². The third-order valence-electron chi connectivity index (χ3n) is 4.54. The lowest BCUT2D eigenvalue weighted by Gasteiger charge is -2.17. The summed E-state index contributed by atoms with van der Waals surface area (Å²) in [5, 5.41) is 0. The van der Waals surface area contributed by atoms with Crippen LogP contribution in [0.5, 0.6) is 23.0 Å². The molecule has 0 fully saturated rings. The minimum absolute atomic E-state index is 0.143. The van der Waals surface area contributed by atoms with Crippen molar-refractivity contribution in [3.8, 4) is 34.1 Å². The van der Waals surface area contributed by atoms with Crippen LogP contribution in [0.15, 0.2) is 36.5 Å². The highest BCUT2D eigenvalue weighted by atomic mass is 16.5. The SMILES string of the molecule is COc1ccc(-c2cc(Cc3cnc(N)nc3N)cc(OC)c2OC)cc1OC. The number of nitrogens with two attached hydrogens (primary N) is 2. The molecule has 8 heteroatoms. The maximum absolute atomic E-state index is 6.00. The van der Waals surface area contributed by atoms with E-state index >= 15 is 0 Å². The fourth-order valence-electron chi connectivity index (χ4n) is 3.13. The highest BCUT2D eigenvalue weighted by molar-refractivity contribution is 5.77. The van der Waals surface area contributed by atoms with E-state index in [2.05, 4.69) is 9.97 Å². The molecule has 8 nitrogen and oxygen atoms in total. The number of benzene rings is 2. The molecule has 29 heavy (non-hydrogen) atoms. The summed E-state index contributed by atoms with van der Waals surface area (Å²) < 4.78 is 22.0. The molecule has 0 aliphatic carbocycles. The Morgan fingerprint density at radius 2 is 1.55 bits per heavy atom. The van der Waals surface area contributed by atoms with E-state index in [0.717, 1.165) is 22.3 Å². The molecule has 3 rings (SSSR count). The molecule has 3 aromatic rings. The van der Waals surface area contributed by atoms with Gasteiger partial charge in [0.25, 0.3) is 0 Å². The Balaban J connectivity index is 2.12. The number of anilines is 2. The zero-order valence-corrected chi connectivity index (χ0v) is 16.9. The second-order valence-electron chi connectivity index (χ2n) is 6.26. The van der Waals surface area contributed by atoms with Crippen LogP contribution in [0.4, 0.5) is 11.8 Å². The van der Waals surface area contributed by atoms with Crippen molar-refractivity contribution in [2.75, 3.05) is 39.9 Å². The predicted octanol–water partition coefficient (Wildman–Crippen LogP) is 2.93. The van der Waals surface area contributed by atoms with Crippen molar-refractivity contribution in [3.05, 3.63) is 47.7 Å². The molecule has 0 unspecified atom stereocenters. The monoisotopic (exact) mass is 396 g/mol. The van der Waals surface area contributed by atoms with Gasteiger partial charge in [-0.3, -0.25) is 0 Å². The van der Waals surface area contributed by atoms with Crippen molar-refractivity contribution in [2.45, 2.75) is 6.42 Å². The minimum atomic E-state index is 0.143. The third-order valence-corrected chi connectivity index (χ3v) is 4.54. The maximum Gasteiger partial charge on any atom is 0.221 e. The van der Waals surface area contributed by atoms with Crippen LogP contribution in [0.2, 0.25) is 0 Å². The lowest BCUT2D eigenvalue weighted by molar-refractivity contribution is 0.354. The van der Waals surface area contributed by atoms with Crippen LogP contribution in [0.1, 0.15) is 11.1 Å². The first-order chi connectivity index (χ1) is 14.0. The third kappa shape index (κ3) is 4.11. The summed E-state index contributed by atoms with van der Waals surface area (Å²) in [7, 11) is 6.40. The van der Waals surface area contributed by atoms with Gasteiger partial charge in [-0.25, -0.2) is 4.98 Å². The number of nitrogens with zero attached hydrogens (tertiary/aromatic N) is 2. The van der Waals surface area contributed by atoms with Gasteiger partial charge in [-0.15, -0.1) is 0 Å². The number of methoxy groups -OCH3 is 4. The van der Waals surface area contributed by atoms with Crippen LogP contribution in [0, 0.1) is 0 Å². The second kappa shape index (κ2) is 8.55. The van der Waals surface area contributed by atoms with Crippen molar-refractivity contribution in [3.63, 3.8) is 0 Å². The maximum atomic E-state index is 6.00. The summed E-state index contributed by atoms with van der Waals surface area (Å²) >= 11 is 0. The fourth-order valence-corrected chi connectivity index (χ4v) is 3.13. The number of rotatable bonds is 7. The van der Waals surface area contributed by atoms with E-state index in [4.69, 9.17) is 30.4 Å². The zero-order valence-electron chi connectivity index (χ0n) is 16.9. The minimum Gasteiger partial charge on any atom is -0.493 e. The van der Waals surface area contributed by atoms with Crippen LogP contribution in [0.25, 0.3) is 11.1 Å². The van der Waals surface area contributed by atoms with Gasteiger partial charge in [-0.05, 0) is 35.4 Å². The molecule has 152 valence electrons. The van der Waals surface area contributed by atoms with E-state index in [0.29, 0.717) is 35.2 Å². The largest absolute Gasteiger partial charge is 0.493 e. The lowest BCUT2D eigenvalue weighted by atomic mass is 9.97. The van der Waals surface area contributed by atoms with Crippen molar-refractivity contribution in [1.29, 1.82) is 0 Å². The Labute approximate surface area is 169 Å². The smallest absolute Gasteiger partial charge is 0.221 e. The number of hydrogen-bond acceptors (Lipinski definition) is 8. The summed E-state index contributed by atoms with van der Waals surface area (Å²) in [5.74, 6) is 2.97. The normalized spacial score (nSPS) is 10.5. The van der Waals surface area contributed by atoms with E-state index < -0.39 is 0 Å². The molecule has 0 aliphatic heterocycles. The van der Waals surface area contributed by atoms with E-state index in [9.17, 15) is 0 Å². The Morgan fingerprint density at radius 1 is 0.828 bits per heavy atom. The van der Waals surface area contributed by atoms with E-state index in [-0.39, 0.29) is 5.95 Å². The second-order valence-corrected chi connectivity index (χ2v) is 6.26. The molecule has 2 aromatic carbocycles. The fraction of sp³-hybridized carbons (Fsp3) is 0.238. The Hall–Kier alpha value is -3.68. The first-order valence-corrected chi connectivity index (χ1v) is 8.84. The van der Waals surface area contributed by atoms with Crippen LogP contribution in [-0.4, -0.2) is 38.4 Å². The Kier molecular flexibility index (Phi) is 5.92. The van der Waals surface area contributed by atoms with Crippen LogP contribution in [0.3, 0.4) is 0 Å². The molecular formula is C21H24N4O4. The standard InChI is InChI=1S/C21H24N4O4/c1-26-16-6-5-13(10-17(16)27-2)15-8-12(9-18(28-3)19(15)29-4)7-14-11-24-21(23)25-20(14)22/h5-6,8-11H,7H2,1-4H3,(H4,22,23,24,25). The molecule has 0 amide bonds. The topological polar surface area (TPSA) is 115 Å². The van der Waals surface area contributed by atoms with Gasteiger partial charge < -0.3 is 30.4 Å². The van der Waals surface area contributed by atoms with Crippen molar-refractivity contribution in [2.24, 2.45) is 0 Å². The van der Waals surface area contributed by atoms with Gasteiger partial charge in [0.05, 0.1) is 28.4 Å². The van der Waals surface area contributed by atoms with E-state index in [1.54, 1.807) is 34.6 Å². The van der Waals surface area contributed by atoms with Crippen molar-refractivity contribution < 1.29 is 18.9 Å². The Morgan fingerprint density at radius 3 is 2.17 bits per heavy atom. The lowest BCUT2D eigenvalue weighted by Crippen LogP contribution is -2.04. The van der Waals surface area contributed by atoms with Gasteiger partial charge in [-0.2, -0.15) is 4.98 Å². The van der Waals surface area contributed by atoms with Crippen LogP contribution in [-0.2, 0) is 6.42 Å². The Bertz CT molecular complexity index is 1020. The number of aromatic nitrogens is 2. The summed E-state index contributed by atoms with van der Waals surface area (Å²) in [4.78, 5) is 8.06. The van der Waals surface area contributed by atoms with Gasteiger partial charge in [0.15, 0.2) is 23.0 Å².